The summed E-state index contributed by atoms with van der Waals surface area (Å²) in [7, 11) is 0. The predicted molar refractivity (Wildman–Crippen MR) is 58.0 cm³/mol. The first-order valence-electron chi connectivity index (χ1n) is 4.86. The summed E-state index contributed by atoms with van der Waals surface area (Å²) in [5.41, 5.74) is 0.521. The molecule has 0 fully saturated rings. The van der Waals surface area contributed by atoms with E-state index in [0.717, 1.165) is 0 Å². The van der Waals surface area contributed by atoms with Crippen LogP contribution in [0, 0.1) is 24.1 Å². The summed E-state index contributed by atoms with van der Waals surface area (Å²) in [5.74, 6) is -0.535. The summed E-state index contributed by atoms with van der Waals surface area (Å²) in [4.78, 5) is 7.38. The lowest BCUT2D eigenvalue weighted by molar-refractivity contribution is 0.416. The minimum absolute atomic E-state index is 0.180. The van der Waals surface area contributed by atoms with Gasteiger partial charge in [-0.2, -0.15) is 14.6 Å². The van der Waals surface area contributed by atoms with Crippen LogP contribution in [0.2, 0.25) is 0 Å². The topological polar surface area (TPSA) is 58.8 Å². The monoisotopic (exact) mass is 229 g/mol. The molecule has 1 aromatic carbocycles. The number of para-hydroxylation sites is 1. The molecule has 2 aromatic rings. The van der Waals surface area contributed by atoms with Gasteiger partial charge in [-0.1, -0.05) is 12.1 Å². The van der Waals surface area contributed by atoms with Gasteiger partial charge < -0.3 is 4.74 Å². The number of rotatable bonds is 2. The highest BCUT2D eigenvalue weighted by Gasteiger charge is 2.11. The van der Waals surface area contributed by atoms with E-state index < -0.39 is 5.82 Å². The standard InChI is InChI=1S/C12H8FN3O/c1-8-11(13)12(16-7-15-8)17-10-5-3-2-4-9(10)6-14/h2-5,7H,1H3. The van der Waals surface area contributed by atoms with Gasteiger partial charge in [-0.15, -0.1) is 0 Å². The molecule has 0 N–H and O–H groups in total. The Labute approximate surface area is 97.3 Å². The molecule has 0 aliphatic heterocycles. The smallest absolute Gasteiger partial charge is 0.259 e. The van der Waals surface area contributed by atoms with Gasteiger partial charge in [0.05, 0.1) is 11.3 Å². The van der Waals surface area contributed by atoms with Gasteiger partial charge in [0.1, 0.15) is 18.1 Å². The zero-order valence-electron chi connectivity index (χ0n) is 9.01. The second-order valence-electron chi connectivity index (χ2n) is 3.29. The Kier molecular flexibility index (Phi) is 2.97. The summed E-state index contributed by atoms with van der Waals surface area (Å²) in [6.45, 7) is 1.51. The Morgan fingerprint density at radius 2 is 2.06 bits per heavy atom. The molecule has 0 aliphatic rings. The molecule has 0 amide bonds. The molecule has 0 saturated heterocycles. The lowest BCUT2D eigenvalue weighted by Crippen LogP contribution is -1.97. The first kappa shape index (κ1) is 11.0. The van der Waals surface area contributed by atoms with Gasteiger partial charge in [-0.3, -0.25) is 0 Å². The molecule has 17 heavy (non-hydrogen) atoms. The number of benzene rings is 1. The number of ether oxygens (including phenoxy) is 1. The highest BCUT2D eigenvalue weighted by molar-refractivity contribution is 5.44. The minimum atomic E-state index is -0.625. The van der Waals surface area contributed by atoms with Crippen LogP contribution < -0.4 is 4.74 Å². The molecule has 4 nitrogen and oxygen atoms in total. The molecule has 0 spiro atoms. The molecule has 84 valence electrons. The molecule has 0 aliphatic carbocycles. The van der Waals surface area contributed by atoms with Crippen molar-refractivity contribution in [1.29, 1.82) is 5.26 Å². The molecular formula is C12H8FN3O. The van der Waals surface area contributed by atoms with Crippen LogP contribution >= 0.6 is 0 Å². The van der Waals surface area contributed by atoms with Gasteiger partial charge in [0.25, 0.3) is 5.88 Å². The molecule has 2 rings (SSSR count). The number of nitriles is 1. The third-order valence-electron chi connectivity index (χ3n) is 2.15. The molecule has 1 heterocycles. The quantitative estimate of drug-likeness (QED) is 0.794. The van der Waals surface area contributed by atoms with Gasteiger partial charge in [-0.05, 0) is 19.1 Å². The van der Waals surface area contributed by atoms with Crippen LogP contribution in [0.25, 0.3) is 0 Å². The zero-order valence-corrected chi connectivity index (χ0v) is 9.01. The summed E-state index contributed by atoms with van der Waals surface area (Å²) < 4.78 is 18.9. The number of hydrogen-bond acceptors (Lipinski definition) is 4. The fraction of sp³-hybridized carbons (Fsp3) is 0.0833. The van der Waals surface area contributed by atoms with Crippen molar-refractivity contribution in [3.8, 4) is 17.7 Å². The summed E-state index contributed by atoms with van der Waals surface area (Å²) in [5, 5.41) is 8.86. The third-order valence-corrected chi connectivity index (χ3v) is 2.15. The van der Waals surface area contributed by atoms with E-state index in [1.807, 2.05) is 6.07 Å². The average molecular weight is 229 g/mol. The van der Waals surface area contributed by atoms with E-state index in [4.69, 9.17) is 10.00 Å². The fourth-order valence-corrected chi connectivity index (χ4v) is 1.26. The molecule has 5 heteroatoms. The largest absolute Gasteiger partial charge is 0.435 e. The molecule has 1 aromatic heterocycles. The van der Waals surface area contributed by atoms with Crippen LogP contribution in [0.4, 0.5) is 4.39 Å². The number of aryl methyl sites for hydroxylation is 1. The Morgan fingerprint density at radius 1 is 1.29 bits per heavy atom. The Balaban J connectivity index is 2.39. The van der Waals surface area contributed by atoms with Crippen LogP contribution in [0.1, 0.15) is 11.3 Å². The molecular weight excluding hydrogens is 221 g/mol. The number of aromatic nitrogens is 2. The maximum Gasteiger partial charge on any atom is 0.259 e. The van der Waals surface area contributed by atoms with Crippen LogP contribution in [0.15, 0.2) is 30.6 Å². The van der Waals surface area contributed by atoms with E-state index in [9.17, 15) is 4.39 Å². The van der Waals surface area contributed by atoms with Crippen molar-refractivity contribution in [2.24, 2.45) is 0 Å². The zero-order chi connectivity index (χ0) is 12.3. The van der Waals surface area contributed by atoms with Crippen molar-refractivity contribution < 1.29 is 9.13 Å². The van der Waals surface area contributed by atoms with E-state index >= 15 is 0 Å². The Bertz CT molecular complexity index is 593. The van der Waals surface area contributed by atoms with E-state index in [1.54, 1.807) is 24.3 Å². The van der Waals surface area contributed by atoms with Crippen LogP contribution in [-0.2, 0) is 0 Å². The second-order valence-corrected chi connectivity index (χ2v) is 3.29. The van der Waals surface area contributed by atoms with E-state index in [2.05, 4.69) is 9.97 Å². The first-order chi connectivity index (χ1) is 8.22. The molecule has 0 radical (unpaired) electrons. The van der Waals surface area contributed by atoms with Gasteiger partial charge in [0.2, 0.25) is 5.82 Å². The predicted octanol–water partition coefficient (Wildman–Crippen LogP) is 2.59. The van der Waals surface area contributed by atoms with Gasteiger partial charge in [-0.25, -0.2) is 4.98 Å². The van der Waals surface area contributed by atoms with E-state index in [-0.39, 0.29) is 17.3 Å². The molecule has 0 atom stereocenters. The lowest BCUT2D eigenvalue weighted by atomic mass is 10.2. The van der Waals surface area contributed by atoms with Crippen molar-refractivity contribution in [2.45, 2.75) is 6.92 Å². The van der Waals surface area contributed by atoms with Crippen molar-refractivity contribution >= 4 is 0 Å². The maximum atomic E-state index is 13.6. The Morgan fingerprint density at radius 3 is 2.82 bits per heavy atom. The second kappa shape index (κ2) is 4.58. The van der Waals surface area contributed by atoms with Gasteiger partial charge in [0, 0.05) is 0 Å². The Hall–Kier alpha value is -2.48. The molecule has 0 bridgehead atoms. The normalized spacial score (nSPS) is 9.71. The van der Waals surface area contributed by atoms with Crippen LogP contribution in [0.3, 0.4) is 0 Å². The van der Waals surface area contributed by atoms with E-state index in [0.29, 0.717) is 5.56 Å². The number of hydrogen-bond donors (Lipinski definition) is 0. The summed E-state index contributed by atoms with van der Waals surface area (Å²) in [6, 6.07) is 8.52. The van der Waals surface area contributed by atoms with Crippen molar-refractivity contribution in [3.63, 3.8) is 0 Å². The van der Waals surface area contributed by atoms with E-state index in [1.165, 1.54) is 13.3 Å². The number of nitrogens with zero attached hydrogens (tertiary/aromatic N) is 3. The first-order valence-corrected chi connectivity index (χ1v) is 4.86. The highest BCUT2D eigenvalue weighted by atomic mass is 19.1. The summed E-state index contributed by atoms with van der Waals surface area (Å²) in [6.07, 6.45) is 1.21. The van der Waals surface area contributed by atoms with Crippen molar-refractivity contribution in [2.75, 3.05) is 0 Å². The lowest BCUT2D eigenvalue weighted by Gasteiger charge is -2.07. The van der Waals surface area contributed by atoms with Crippen LogP contribution in [-0.4, -0.2) is 9.97 Å². The SMILES string of the molecule is Cc1ncnc(Oc2ccccc2C#N)c1F. The van der Waals surface area contributed by atoms with Gasteiger partial charge in [0.15, 0.2) is 0 Å². The highest BCUT2D eigenvalue weighted by Crippen LogP contribution is 2.25. The van der Waals surface area contributed by atoms with Crippen molar-refractivity contribution in [1.82, 2.24) is 9.97 Å². The summed E-state index contributed by atoms with van der Waals surface area (Å²) >= 11 is 0. The molecule has 0 saturated carbocycles. The van der Waals surface area contributed by atoms with Gasteiger partial charge >= 0.3 is 0 Å². The van der Waals surface area contributed by atoms with Crippen LogP contribution in [0.5, 0.6) is 11.6 Å². The number of halogens is 1. The maximum absolute atomic E-state index is 13.6. The average Bonchev–Trinajstić information content (AvgIpc) is 2.35. The fourth-order valence-electron chi connectivity index (χ4n) is 1.26. The van der Waals surface area contributed by atoms with Crippen molar-refractivity contribution in [3.05, 3.63) is 47.7 Å². The third kappa shape index (κ3) is 2.21. The molecule has 0 unspecified atom stereocenters. The minimum Gasteiger partial charge on any atom is -0.435 e.